The Labute approximate surface area is 282 Å². The summed E-state index contributed by atoms with van der Waals surface area (Å²) in [7, 11) is 0. The third kappa shape index (κ3) is 4.51. The molecule has 0 N–H and O–H groups in total. The Morgan fingerprint density at radius 3 is 1.55 bits per heavy atom. The lowest BCUT2D eigenvalue weighted by atomic mass is 9.94. The van der Waals surface area contributed by atoms with Gasteiger partial charge in [-0.3, -0.25) is 9.97 Å². The maximum atomic E-state index is 6.33. The molecule has 49 heavy (non-hydrogen) atoms. The normalized spacial score (nSPS) is 11.7. The van der Waals surface area contributed by atoms with Gasteiger partial charge in [0.25, 0.3) is 0 Å². The number of benzene rings is 8. The number of para-hydroxylation sites is 2. The zero-order valence-electron chi connectivity index (χ0n) is 26.5. The quantitative estimate of drug-likeness (QED) is 0.183. The molecule has 0 unspecified atom stereocenters. The molecule has 0 amide bonds. The molecular formula is C46H28N2O. The first-order chi connectivity index (χ1) is 24.3. The van der Waals surface area contributed by atoms with Crippen LogP contribution in [0.5, 0.6) is 0 Å². The highest BCUT2D eigenvalue weighted by Gasteiger charge is 2.14. The predicted molar refractivity (Wildman–Crippen MR) is 204 cm³/mol. The van der Waals surface area contributed by atoms with Crippen molar-refractivity contribution in [2.24, 2.45) is 0 Å². The first-order valence-corrected chi connectivity index (χ1v) is 16.6. The van der Waals surface area contributed by atoms with Crippen LogP contribution in [-0.4, -0.2) is 9.97 Å². The molecule has 0 aliphatic rings. The third-order valence-corrected chi connectivity index (χ3v) is 9.79. The van der Waals surface area contributed by atoms with Crippen molar-refractivity contribution in [3.63, 3.8) is 0 Å². The Balaban J connectivity index is 0.957. The van der Waals surface area contributed by atoms with Crippen LogP contribution in [0.1, 0.15) is 0 Å². The van der Waals surface area contributed by atoms with E-state index in [1.807, 2.05) is 12.1 Å². The van der Waals surface area contributed by atoms with E-state index in [-0.39, 0.29) is 0 Å². The average molecular weight is 625 g/mol. The molecule has 0 spiro atoms. The first kappa shape index (κ1) is 27.5. The van der Waals surface area contributed by atoms with Gasteiger partial charge in [-0.15, -0.1) is 0 Å². The van der Waals surface area contributed by atoms with Crippen molar-refractivity contribution in [1.82, 2.24) is 9.97 Å². The molecule has 0 saturated heterocycles. The minimum atomic E-state index is 0.916. The van der Waals surface area contributed by atoms with Crippen molar-refractivity contribution >= 4 is 54.5 Å². The molecule has 228 valence electrons. The minimum Gasteiger partial charge on any atom is -0.455 e. The van der Waals surface area contributed by atoms with Gasteiger partial charge >= 0.3 is 0 Å². The second-order valence-electron chi connectivity index (χ2n) is 12.6. The van der Waals surface area contributed by atoms with E-state index in [1.54, 1.807) is 12.4 Å². The minimum absolute atomic E-state index is 0.916. The van der Waals surface area contributed by atoms with Gasteiger partial charge in [-0.05, 0) is 67.9 Å². The molecule has 0 bridgehead atoms. The van der Waals surface area contributed by atoms with Gasteiger partial charge in [0.1, 0.15) is 11.2 Å². The summed E-state index contributed by atoms with van der Waals surface area (Å²) in [4.78, 5) is 9.37. The molecule has 0 aliphatic carbocycles. The van der Waals surface area contributed by atoms with Gasteiger partial charge in [-0.25, -0.2) is 0 Å². The number of rotatable bonds is 4. The maximum absolute atomic E-state index is 6.33. The van der Waals surface area contributed by atoms with Crippen LogP contribution < -0.4 is 0 Å². The van der Waals surface area contributed by atoms with Gasteiger partial charge in [0.15, 0.2) is 0 Å². The van der Waals surface area contributed by atoms with Crippen LogP contribution in [-0.2, 0) is 0 Å². The Morgan fingerprint density at radius 1 is 0.327 bits per heavy atom. The second kappa shape index (κ2) is 11.0. The van der Waals surface area contributed by atoms with Crippen molar-refractivity contribution in [1.29, 1.82) is 0 Å². The van der Waals surface area contributed by atoms with Crippen LogP contribution in [0.3, 0.4) is 0 Å². The Morgan fingerprint density at radius 2 is 0.837 bits per heavy atom. The fraction of sp³-hybridized carbons (Fsp3) is 0. The van der Waals surface area contributed by atoms with Crippen molar-refractivity contribution in [2.45, 2.75) is 0 Å². The van der Waals surface area contributed by atoms with Crippen LogP contribution in [0.2, 0.25) is 0 Å². The van der Waals surface area contributed by atoms with E-state index in [0.717, 1.165) is 54.9 Å². The molecule has 0 atom stereocenters. The van der Waals surface area contributed by atoms with E-state index in [2.05, 4.69) is 151 Å². The molecule has 3 heteroatoms. The van der Waals surface area contributed by atoms with Crippen molar-refractivity contribution in [3.8, 4) is 44.5 Å². The largest absolute Gasteiger partial charge is 0.455 e. The van der Waals surface area contributed by atoms with E-state index in [4.69, 9.17) is 9.40 Å². The lowest BCUT2D eigenvalue weighted by molar-refractivity contribution is 0.670. The summed E-state index contributed by atoms with van der Waals surface area (Å²) in [5, 5.41) is 6.93. The molecule has 8 aromatic carbocycles. The molecule has 2 aromatic heterocycles. The molecule has 0 aliphatic heterocycles. The van der Waals surface area contributed by atoms with Crippen molar-refractivity contribution in [3.05, 3.63) is 170 Å². The van der Waals surface area contributed by atoms with Crippen LogP contribution >= 0.6 is 0 Å². The number of nitrogens with zero attached hydrogens (tertiary/aromatic N) is 2. The van der Waals surface area contributed by atoms with Gasteiger partial charge < -0.3 is 4.42 Å². The average Bonchev–Trinajstić information content (AvgIpc) is 3.57. The maximum Gasteiger partial charge on any atom is 0.143 e. The first-order valence-electron chi connectivity index (χ1n) is 16.6. The Hall–Kier alpha value is -6.58. The van der Waals surface area contributed by atoms with E-state index in [1.165, 1.54) is 44.2 Å². The van der Waals surface area contributed by atoms with Gasteiger partial charge in [-0.2, -0.15) is 0 Å². The summed E-state index contributed by atoms with van der Waals surface area (Å²) in [6, 6.07) is 56.2. The molecule has 10 rings (SSSR count). The van der Waals surface area contributed by atoms with Crippen LogP contribution in [0.25, 0.3) is 99.0 Å². The molecule has 3 nitrogen and oxygen atoms in total. The van der Waals surface area contributed by atoms with E-state index in [9.17, 15) is 0 Å². The number of aromatic nitrogens is 2. The molecule has 10 aromatic rings. The summed E-state index contributed by atoms with van der Waals surface area (Å²) >= 11 is 0. The summed E-state index contributed by atoms with van der Waals surface area (Å²) < 4.78 is 6.33. The fourth-order valence-electron chi connectivity index (χ4n) is 7.36. The SMILES string of the molecule is c1cc(-c2ccc(-c3ccc(-c4ccc5c(c4)c4ccccc4c4nccnc54)cc3)cc2)cc(-c2cccc3c2oc2ccccc23)c1. The highest BCUT2D eigenvalue weighted by molar-refractivity contribution is 6.23. The van der Waals surface area contributed by atoms with Crippen LogP contribution in [0.4, 0.5) is 0 Å². The molecular weight excluding hydrogens is 597 g/mol. The Kier molecular flexibility index (Phi) is 6.18. The van der Waals surface area contributed by atoms with Gasteiger partial charge in [0.05, 0.1) is 11.0 Å². The van der Waals surface area contributed by atoms with E-state index in [0.29, 0.717) is 0 Å². The van der Waals surface area contributed by atoms with Crippen molar-refractivity contribution < 1.29 is 4.42 Å². The summed E-state index contributed by atoms with van der Waals surface area (Å²) in [6.07, 6.45) is 3.55. The van der Waals surface area contributed by atoms with Crippen LogP contribution in [0.15, 0.2) is 175 Å². The smallest absolute Gasteiger partial charge is 0.143 e. The summed E-state index contributed by atoms with van der Waals surface area (Å²) in [5.74, 6) is 0. The number of furan rings is 1. The fourth-order valence-corrected chi connectivity index (χ4v) is 7.36. The lowest BCUT2D eigenvalue weighted by Crippen LogP contribution is -1.89. The topological polar surface area (TPSA) is 38.9 Å². The molecule has 0 radical (unpaired) electrons. The molecule has 0 saturated carbocycles. The van der Waals surface area contributed by atoms with Gasteiger partial charge in [-0.1, -0.05) is 140 Å². The van der Waals surface area contributed by atoms with Gasteiger partial charge in [0.2, 0.25) is 0 Å². The Bertz CT molecular complexity index is 2830. The monoisotopic (exact) mass is 624 g/mol. The summed E-state index contributed by atoms with van der Waals surface area (Å²) in [6.45, 7) is 0. The predicted octanol–water partition coefficient (Wildman–Crippen LogP) is 12.5. The zero-order valence-corrected chi connectivity index (χ0v) is 26.5. The highest BCUT2D eigenvalue weighted by atomic mass is 16.3. The van der Waals surface area contributed by atoms with E-state index < -0.39 is 0 Å². The van der Waals surface area contributed by atoms with Crippen molar-refractivity contribution in [2.75, 3.05) is 0 Å². The summed E-state index contributed by atoms with van der Waals surface area (Å²) in [5.41, 5.74) is 13.1. The van der Waals surface area contributed by atoms with Gasteiger partial charge in [0, 0.05) is 39.5 Å². The number of hydrogen-bond donors (Lipinski definition) is 0. The highest BCUT2D eigenvalue weighted by Crippen LogP contribution is 2.38. The number of hydrogen-bond acceptors (Lipinski definition) is 3. The lowest BCUT2D eigenvalue weighted by Gasteiger charge is -2.11. The number of fused-ring (bicyclic) bond motifs is 9. The van der Waals surface area contributed by atoms with E-state index >= 15 is 0 Å². The molecule has 2 heterocycles. The zero-order chi connectivity index (χ0) is 32.3. The molecule has 0 fully saturated rings. The van der Waals surface area contributed by atoms with Crippen LogP contribution in [0, 0.1) is 0 Å². The standard InChI is InChI=1S/C46H28N2O/c1-2-11-39-37(9-1)42-28-34(23-24-40(42)45-44(39)47-25-26-48-45)32-21-17-30(18-22-32)29-15-19-31(20-16-29)33-7-5-8-35(27-33)36-12-6-13-41-38-10-3-4-14-43(38)49-46(36)41/h1-28H. The second-order valence-corrected chi connectivity index (χ2v) is 12.6. The third-order valence-electron chi connectivity index (χ3n) is 9.79.